The van der Waals surface area contributed by atoms with Crippen molar-refractivity contribution in [3.8, 4) is 0 Å². The van der Waals surface area contributed by atoms with Gasteiger partial charge >= 0.3 is 5.88 Å². The van der Waals surface area contributed by atoms with Gasteiger partial charge in [0.1, 0.15) is 11.1 Å². The van der Waals surface area contributed by atoms with E-state index in [4.69, 9.17) is 4.42 Å². The summed E-state index contributed by atoms with van der Waals surface area (Å²) in [6.07, 6.45) is 4.47. The molecule has 1 heterocycles. The van der Waals surface area contributed by atoms with Crippen molar-refractivity contribution in [1.29, 1.82) is 0 Å². The Balaban J connectivity index is 2.14. The van der Waals surface area contributed by atoms with Crippen molar-refractivity contribution in [2.24, 2.45) is 0 Å². The summed E-state index contributed by atoms with van der Waals surface area (Å²) in [5, 5.41) is 10.4. The van der Waals surface area contributed by atoms with Crippen molar-refractivity contribution in [2.45, 2.75) is 6.92 Å². The number of nitro groups is 1. The molecule has 0 aliphatic rings. The Morgan fingerprint density at radius 3 is 2.59 bits per heavy atom. The monoisotopic (exact) mass is 230 g/mol. The standard InChI is InChI=1S/C12H10N2O3/c1-9-2-4-10(5-3-9)6-7-11-13-8-12(17-11)14(15)16/h2-8H,1H3/b7-6+. The molecule has 0 N–H and O–H groups in total. The molecule has 0 amide bonds. The topological polar surface area (TPSA) is 69.2 Å². The van der Waals surface area contributed by atoms with Crippen LogP contribution in [0.3, 0.4) is 0 Å². The predicted molar refractivity (Wildman–Crippen MR) is 63.3 cm³/mol. The van der Waals surface area contributed by atoms with Crippen molar-refractivity contribution in [3.63, 3.8) is 0 Å². The molecule has 0 saturated carbocycles. The van der Waals surface area contributed by atoms with Gasteiger partial charge in [-0.3, -0.25) is 10.1 Å². The Bertz CT molecular complexity index is 555. The molecule has 5 nitrogen and oxygen atoms in total. The van der Waals surface area contributed by atoms with E-state index >= 15 is 0 Å². The molecule has 0 bridgehead atoms. The Morgan fingerprint density at radius 1 is 1.29 bits per heavy atom. The maximum atomic E-state index is 10.4. The quantitative estimate of drug-likeness (QED) is 0.600. The van der Waals surface area contributed by atoms with Crippen LogP contribution in [0.25, 0.3) is 12.2 Å². The lowest BCUT2D eigenvalue weighted by molar-refractivity contribution is -0.402. The highest BCUT2D eigenvalue weighted by atomic mass is 16.6. The molecular weight excluding hydrogens is 220 g/mol. The predicted octanol–water partition coefficient (Wildman–Crippen LogP) is 3.06. The molecule has 2 rings (SSSR count). The first-order chi connectivity index (χ1) is 8.15. The minimum Gasteiger partial charge on any atom is -0.381 e. The van der Waals surface area contributed by atoms with E-state index in [0.29, 0.717) is 0 Å². The first-order valence-electron chi connectivity index (χ1n) is 5.00. The van der Waals surface area contributed by atoms with Crippen LogP contribution in [0.2, 0.25) is 0 Å². The van der Waals surface area contributed by atoms with Crippen molar-refractivity contribution in [2.75, 3.05) is 0 Å². The average molecular weight is 230 g/mol. The number of aromatic nitrogens is 1. The summed E-state index contributed by atoms with van der Waals surface area (Å²) in [6, 6.07) is 7.86. The third-order valence-corrected chi connectivity index (χ3v) is 2.19. The number of hydrogen-bond donors (Lipinski definition) is 0. The molecule has 0 aliphatic carbocycles. The molecule has 0 fully saturated rings. The second kappa shape index (κ2) is 4.61. The largest absolute Gasteiger partial charge is 0.453 e. The van der Waals surface area contributed by atoms with Gasteiger partial charge in [0, 0.05) is 6.08 Å². The number of benzene rings is 1. The van der Waals surface area contributed by atoms with Crippen LogP contribution in [0.1, 0.15) is 17.0 Å². The van der Waals surface area contributed by atoms with Gasteiger partial charge in [-0.2, -0.15) is 0 Å². The minimum atomic E-state index is -0.615. The van der Waals surface area contributed by atoms with E-state index in [-0.39, 0.29) is 11.8 Å². The minimum absolute atomic E-state index is 0.220. The second-order valence-electron chi connectivity index (χ2n) is 3.54. The van der Waals surface area contributed by atoms with Crippen molar-refractivity contribution in [1.82, 2.24) is 4.98 Å². The zero-order valence-corrected chi connectivity index (χ0v) is 9.16. The number of aryl methyl sites for hydroxylation is 1. The van der Waals surface area contributed by atoms with Crippen LogP contribution in [0.5, 0.6) is 0 Å². The first kappa shape index (κ1) is 11.1. The Hall–Kier alpha value is -2.43. The van der Waals surface area contributed by atoms with Crippen LogP contribution in [0, 0.1) is 17.0 Å². The lowest BCUT2D eigenvalue weighted by Crippen LogP contribution is -1.82. The van der Waals surface area contributed by atoms with Crippen molar-refractivity contribution < 1.29 is 9.34 Å². The number of hydrogen-bond acceptors (Lipinski definition) is 4. The maximum absolute atomic E-state index is 10.4. The van der Waals surface area contributed by atoms with Crippen LogP contribution in [-0.4, -0.2) is 9.91 Å². The van der Waals surface area contributed by atoms with E-state index in [2.05, 4.69) is 4.98 Å². The molecule has 17 heavy (non-hydrogen) atoms. The summed E-state index contributed by atoms with van der Waals surface area (Å²) in [4.78, 5) is 13.5. The van der Waals surface area contributed by atoms with Gasteiger partial charge in [0.25, 0.3) is 0 Å². The zero-order valence-electron chi connectivity index (χ0n) is 9.16. The molecule has 1 aromatic heterocycles. The van der Waals surface area contributed by atoms with E-state index < -0.39 is 4.92 Å². The zero-order chi connectivity index (χ0) is 12.3. The van der Waals surface area contributed by atoms with Gasteiger partial charge in [-0.05, 0) is 18.6 Å². The molecule has 0 radical (unpaired) electrons. The average Bonchev–Trinajstić information content (AvgIpc) is 2.77. The molecular formula is C12H10N2O3. The van der Waals surface area contributed by atoms with Gasteiger partial charge < -0.3 is 4.42 Å². The second-order valence-corrected chi connectivity index (χ2v) is 3.54. The normalized spacial score (nSPS) is 10.9. The van der Waals surface area contributed by atoms with Gasteiger partial charge in [0.15, 0.2) is 0 Å². The summed E-state index contributed by atoms with van der Waals surface area (Å²) in [6.45, 7) is 2.00. The highest BCUT2D eigenvalue weighted by molar-refractivity contribution is 5.66. The van der Waals surface area contributed by atoms with E-state index in [1.807, 2.05) is 31.2 Å². The van der Waals surface area contributed by atoms with Crippen LogP contribution in [0.4, 0.5) is 5.88 Å². The van der Waals surface area contributed by atoms with Crippen molar-refractivity contribution >= 4 is 18.0 Å². The van der Waals surface area contributed by atoms with Crippen LogP contribution in [0.15, 0.2) is 34.9 Å². The number of oxazole rings is 1. The molecule has 5 heteroatoms. The summed E-state index contributed by atoms with van der Waals surface area (Å²) in [7, 11) is 0. The van der Waals surface area contributed by atoms with Crippen molar-refractivity contribution in [3.05, 3.63) is 57.6 Å². The van der Waals surface area contributed by atoms with Crippen LogP contribution >= 0.6 is 0 Å². The summed E-state index contributed by atoms with van der Waals surface area (Å²) in [5.74, 6) is -0.133. The van der Waals surface area contributed by atoms with E-state index in [1.54, 1.807) is 12.2 Å². The maximum Gasteiger partial charge on any atom is 0.453 e. The highest BCUT2D eigenvalue weighted by Crippen LogP contribution is 2.14. The summed E-state index contributed by atoms with van der Waals surface area (Å²) < 4.78 is 4.89. The lowest BCUT2D eigenvalue weighted by atomic mass is 10.1. The molecule has 0 saturated heterocycles. The molecule has 0 atom stereocenters. The molecule has 2 aromatic rings. The Morgan fingerprint density at radius 2 is 2.00 bits per heavy atom. The van der Waals surface area contributed by atoms with Gasteiger partial charge in [-0.15, -0.1) is 0 Å². The molecule has 0 spiro atoms. The fourth-order valence-electron chi connectivity index (χ4n) is 1.29. The van der Waals surface area contributed by atoms with Gasteiger partial charge in [0.2, 0.25) is 5.89 Å². The fourth-order valence-corrected chi connectivity index (χ4v) is 1.29. The summed E-state index contributed by atoms with van der Waals surface area (Å²) in [5.41, 5.74) is 2.16. The highest BCUT2D eigenvalue weighted by Gasteiger charge is 2.11. The molecule has 0 aliphatic heterocycles. The molecule has 86 valence electrons. The third-order valence-electron chi connectivity index (χ3n) is 2.19. The Kier molecular flexibility index (Phi) is 3.00. The van der Waals surface area contributed by atoms with E-state index in [0.717, 1.165) is 11.8 Å². The van der Waals surface area contributed by atoms with E-state index in [9.17, 15) is 10.1 Å². The summed E-state index contributed by atoms with van der Waals surface area (Å²) >= 11 is 0. The third kappa shape index (κ3) is 2.78. The van der Waals surface area contributed by atoms with Gasteiger partial charge in [-0.1, -0.05) is 29.8 Å². The Labute approximate surface area is 97.6 Å². The van der Waals surface area contributed by atoms with E-state index in [1.165, 1.54) is 5.56 Å². The fraction of sp³-hybridized carbons (Fsp3) is 0.0833. The molecule has 1 aromatic carbocycles. The van der Waals surface area contributed by atoms with Gasteiger partial charge in [-0.25, -0.2) is 4.98 Å². The van der Waals surface area contributed by atoms with Gasteiger partial charge in [0.05, 0.1) is 0 Å². The first-order valence-corrected chi connectivity index (χ1v) is 5.00. The van der Waals surface area contributed by atoms with Crippen LogP contribution in [-0.2, 0) is 0 Å². The SMILES string of the molecule is Cc1ccc(/C=C/c2ncc([N+](=O)[O-])o2)cc1. The smallest absolute Gasteiger partial charge is 0.381 e. The lowest BCUT2D eigenvalue weighted by Gasteiger charge is -1.93. The number of rotatable bonds is 3. The molecule has 0 unspecified atom stereocenters. The van der Waals surface area contributed by atoms with Crippen LogP contribution < -0.4 is 0 Å². The number of nitrogens with zero attached hydrogens (tertiary/aromatic N) is 2.